The molecule has 0 atom stereocenters. The molecule has 0 aromatic heterocycles. The molecule has 0 amide bonds. The molecule has 2 N–H and O–H groups in total. The largest absolute Gasteiger partial charge is 0.380 e. The van der Waals surface area contributed by atoms with Crippen molar-refractivity contribution in [3.8, 4) is 0 Å². The van der Waals surface area contributed by atoms with Crippen molar-refractivity contribution in [1.29, 1.82) is 0 Å². The van der Waals surface area contributed by atoms with Gasteiger partial charge in [-0.05, 0) is 43.9 Å². The number of halogens is 1. The fraction of sp³-hybridized carbons (Fsp3) is 0.650. The molecule has 29 heavy (non-hydrogen) atoms. The second-order valence-corrected chi connectivity index (χ2v) is 9.28. The first-order valence-electron chi connectivity index (χ1n) is 10.2. The summed E-state index contributed by atoms with van der Waals surface area (Å²) in [5, 5.41) is 6.62. The normalized spacial score (nSPS) is 16.8. The quantitative estimate of drug-likeness (QED) is 0.466. The number of piperidine rings is 1. The minimum Gasteiger partial charge on any atom is -0.380 e. The van der Waals surface area contributed by atoms with Crippen molar-refractivity contribution in [3.63, 3.8) is 0 Å². The second kappa shape index (κ2) is 11.5. The molecular weight excluding hydrogens is 395 g/mol. The van der Waals surface area contributed by atoms with Crippen LogP contribution in [0.25, 0.3) is 0 Å². The van der Waals surface area contributed by atoms with Crippen LogP contribution in [0.1, 0.15) is 44.2 Å². The predicted molar refractivity (Wildman–Crippen MR) is 114 cm³/mol. The van der Waals surface area contributed by atoms with Gasteiger partial charge in [0.15, 0.2) is 5.96 Å². The van der Waals surface area contributed by atoms with Gasteiger partial charge in [0, 0.05) is 38.3 Å². The summed E-state index contributed by atoms with van der Waals surface area (Å²) in [7, 11) is -1.60. The van der Waals surface area contributed by atoms with Crippen LogP contribution in [-0.2, 0) is 27.9 Å². The van der Waals surface area contributed by atoms with Crippen molar-refractivity contribution in [2.24, 2.45) is 4.99 Å². The van der Waals surface area contributed by atoms with E-state index in [2.05, 4.69) is 15.6 Å². The summed E-state index contributed by atoms with van der Waals surface area (Å²) >= 11 is 0. The van der Waals surface area contributed by atoms with E-state index in [0.717, 1.165) is 18.4 Å². The first kappa shape index (κ1) is 23.6. The molecule has 0 saturated carbocycles. The van der Waals surface area contributed by atoms with Gasteiger partial charge < -0.3 is 15.4 Å². The van der Waals surface area contributed by atoms with Crippen molar-refractivity contribution < 1.29 is 17.5 Å². The molecule has 7 nitrogen and oxygen atoms in total. The molecule has 0 spiro atoms. The third-order valence-corrected chi connectivity index (χ3v) is 6.90. The molecule has 2 rings (SSSR count). The summed E-state index contributed by atoms with van der Waals surface area (Å²) in [6.07, 6.45) is 2.11. The van der Waals surface area contributed by atoms with E-state index in [4.69, 9.17) is 4.74 Å². The topological polar surface area (TPSA) is 83.0 Å². The summed E-state index contributed by atoms with van der Waals surface area (Å²) < 4.78 is 44.8. The molecule has 0 radical (unpaired) electrons. The predicted octanol–water partition coefficient (Wildman–Crippen LogP) is 2.23. The molecule has 1 heterocycles. The second-order valence-electron chi connectivity index (χ2n) is 7.19. The molecule has 1 aromatic carbocycles. The number of methoxy groups -OCH3 is 1. The molecule has 1 aliphatic heterocycles. The van der Waals surface area contributed by atoms with E-state index in [-0.39, 0.29) is 24.2 Å². The zero-order valence-electron chi connectivity index (χ0n) is 17.6. The van der Waals surface area contributed by atoms with Gasteiger partial charge in [-0.3, -0.25) is 0 Å². The number of hydrogen-bond donors (Lipinski definition) is 2. The number of aliphatic imine (C=N–C) groups is 1. The third kappa shape index (κ3) is 7.24. The highest BCUT2D eigenvalue weighted by atomic mass is 32.2. The Kier molecular flexibility index (Phi) is 9.32. The highest BCUT2D eigenvalue weighted by Crippen LogP contribution is 2.16. The average Bonchev–Trinajstić information content (AvgIpc) is 2.69. The van der Waals surface area contributed by atoms with E-state index >= 15 is 0 Å². The van der Waals surface area contributed by atoms with E-state index < -0.39 is 10.0 Å². The van der Waals surface area contributed by atoms with Crippen LogP contribution < -0.4 is 10.6 Å². The molecule has 1 aromatic rings. The maximum atomic E-state index is 13.8. The fourth-order valence-corrected chi connectivity index (χ4v) is 4.88. The lowest BCUT2D eigenvalue weighted by atomic mass is 10.1. The van der Waals surface area contributed by atoms with Crippen molar-refractivity contribution in [2.75, 3.05) is 32.5 Å². The Morgan fingerprint density at radius 1 is 1.31 bits per heavy atom. The van der Waals surface area contributed by atoms with Crippen molar-refractivity contribution in [3.05, 3.63) is 35.1 Å². The molecule has 164 valence electrons. The monoisotopic (exact) mass is 428 g/mol. The van der Waals surface area contributed by atoms with Crippen LogP contribution in [0.2, 0.25) is 0 Å². The van der Waals surface area contributed by atoms with Crippen LogP contribution >= 0.6 is 0 Å². The minimum absolute atomic E-state index is 0.165. The third-order valence-electron chi connectivity index (χ3n) is 4.82. The van der Waals surface area contributed by atoms with Crippen LogP contribution in [0.5, 0.6) is 0 Å². The lowest BCUT2D eigenvalue weighted by Crippen LogP contribution is -2.50. The van der Waals surface area contributed by atoms with Crippen molar-refractivity contribution in [1.82, 2.24) is 14.9 Å². The van der Waals surface area contributed by atoms with E-state index in [1.54, 1.807) is 16.4 Å². The zero-order valence-corrected chi connectivity index (χ0v) is 18.4. The molecular formula is C20H33FN4O3S. The van der Waals surface area contributed by atoms with Gasteiger partial charge >= 0.3 is 0 Å². The number of benzene rings is 1. The minimum atomic E-state index is -3.14. The number of guanidine groups is 1. The molecule has 1 saturated heterocycles. The number of hydrogen-bond acceptors (Lipinski definition) is 4. The summed E-state index contributed by atoms with van der Waals surface area (Å²) in [4.78, 5) is 4.61. The van der Waals surface area contributed by atoms with E-state index in [9.17, 15) is 12.8 Å². The van der Waals surface area contributed by atoms with E-state index in [1.165, 1.54) is 13.2 Å². The molecule has 0 unspecified atom stereocenters. The van der Waals surface area contributed by atoms with E-state index in [1.807, 2.05) is 13.8 Å². The molecule has 0 bridgehead atoms. The summed E-state index contributed by atoms with van der Waals surface area (Å²) in [5.74, 6) is 0.604. The lowest BCUT2D eigenvalue weighted by molar-refractivity contribution is 0.181. The molecule has 1 aliphatic rings. The van der Waals surface area contributed by atoms with Gasteiger partial charge in [-0.1, -0.05) is 13.0 Å². The first-order valence-corrected chi connectivity index (χ1v) is 11.8. The van der Waals surface area contributed by atoms with Crippen LogP contribution in [0, 0.1) is 5.82 Å². The first-order chi connectivity index (χ1) is 13.9. The van der Waals surface area contributed by atoms with E-state index in [0.29, 0.717) is 44.1 Å². The summed E-state index contributed by atoms with van der Waals surface area (Å²) in [6, 6.07) is 5.09. The van der Waals surface area contributed by atoms with Gasteiger partial charge in [0.2, 0.25) is 10.0 Å². The van der Waals surface area contributed by atoms with Crippen molar-refractivity contribution >= 4 is 16.0 Å². The summed E-state index contributed by atoms with van der Waals surface area (Å²) in [6.45, 7) is 6.27. The van der Waals surface area contributed by atoms with Gasteiger partial charge in [-0.15, -0.1) is 0 Å². The fourth-order valence-electron chi connectivity index (χ4n) is 3.34. The maximum Gasteiger partial charge on any atom is 0.214 e. The Bertz CT molecular complexity index is 778. The lowest BCUT2D eigenvalue weighted by Gasteiger charge is -2.32. The number of nitrogens with zero attached hydrogens (tertiary/aromatic N) is 2. The Labute approximate surface area is 173 Å². The van der Waals surface area contributed by atoms with Crippen LogP contribution in [0.4, 0.5) is 4.39 Å². The van der Waals surface area contributed by atoms with Crippen LogP contribution in [0.15, 0.2) is 23.2 Å². The highest BCUT2D eigenvalue weighted by molar-refractivity contribution is 7.89. The standard InChI is InChI=1S/C20H33FN4O3S/c1-4-12-29(26,27)25-10-8-18(9-11-25)24-20(22-5-2)23-14-16-6-7-19(21)17(13-16)15-28-3/h6-7,13,18H,4-5,8-12,14-15H2,1-3H3,(H2,22,23,24). The summed E-state index contributed by atoms with van der Waals surface area (Å²) in [5.41, 5.74) is 1.41. The SMILES string of the molecule is CCCS(=O)(=O)N1CCC(NC(=NCc2ccc(F)c(COC)c2)NCC)CC1. The van der Waals surface area contributed by atoms with Crippen molar-refractivity contribution in [2.45, 2.75) is 52.3 Å². The Morgan fingerprint density at radius 2 is 2.03 bits per heavy atom. The Balaban J connectivity index is 1.96. The van der Waals surface area contributed by atoms with Gasteiger partial charge in [-0.25, -0.2) is 22.1 Å². The van der Waals surface area contributed by atoms with Gasteiger partial charge in [-0.2, -0.15) is 0 Å². The van der Waals surface area contributed by atoms with Gasteiger partial charge in [0.1, 0.15) is 5.82 Å². The molecule has 9 heteroatoms. The Hall–Kier alpha value is -1.71. The Morgan fingerprint density at radius 3 is 2.66 bits per heavy atom. The number of ether oxygens (including phenoxy) is 1. The zero-order chi connectivity index (χ0) is 21.3. The van der Waals surface area contributed by atoms with Gasteiger partial charge in [0.05, 0.1) is 18.9 Å². The van der Waals surface area contributed by atoms with Crippen LogP contribution in [-0.4, -0.2) is 57.2 Å². The number of nitrogens with one attached hydrogen (secondary N) is 2. The number of rotatable bonds is 9. The van der Waals surface area contributed by atoms with Gasteiger partial charge in [0.25, 0.3) is 0 Å². The average molecular weight is 429 g/mol. The number of sulfonamides is 1. The molecule has 0 aliphatic carbocycles. The highest BCUT2D eigenvalue weighted by Gasteiger charge is 2.27. The molecule has 1 fully saturated rings. The smallest absolute Gasteiger partial charge is 0.214 e. The van der Waals surface area contributed by atoms with Crippen LogP contribution in [0.3, 0.4) is 0 Å². The maximum absolute atomic E-state index is 13.8.